The Morgan fingerprint density at radius 3 is 2.23 bits per heavy atom. The first kappa shape index (κ1) is 20.2. The van der Waals surface area contributed by atoms with Crippen molar-refractivity contribution < 1.29 is 29.0 Å². The van der Waals surface area contributed by atoms with Crippen LogP contribution in [0.2, 0.25) is 0 Å². The van der Waals surface area contributed by atoms with Crippen molar-refractivity contribution >= 4 is 39.8 Å². The van der Waals surface area contributed by atoms with Crippen molar-refractivity contribution in [2.45, 2.75) is 43.7 Å². The number of carboxylic acids is 1. The number of nitrogens with one attached hydrogen (secondary N) is 2. The van der Waals surface area contributed by atoms with Crippen molar-refractivity contribution in [3.8, 4) is 0 Å². The third-order valence-corrected chi connectivity index (χ3v) is 2.87. The van der Waals surface area contributed by atoms with Gasteiger partial charge in [-0.25, -0.2) is 9.59 Å². The number of halogens is 1. The number of hydrogen-bond acceptors (Lipinski definition) is 5. The number of aliphatic carboxylic acids is 1. The Hall–Kier alpha value is -1.84. The van der Waals surface area contributed by atoms with E-state index >= 15 is 0 Å². The zero-order chi connectivity index (χ0) is 17.5. The SMILES string of the molecule is CC(C)(C)OC(=O)N[C@@H](CNC(=O)[C@@H](Br)CC(N)=O)C(=O)O. The number of rotatable bonds is 7. The summed E-state index contributed by atoms with van der Waals surface area (Å²) in [4.78, 5) is 44.0. The molecule has 3 amide bonds. The molecule has 0 unspecified atom stereocenters. The smallest absolute Gasteiger partial charge is 0.408 e. The molecule has 22 heavy (non-hydrogen) atoms. The van der Waals surface area contributed by atoms with Crippen molar-refractivity contribution in [2.75, 3.05) is 6.54 Å². The van der Waals surface area contributed by atoms with Crippen LogP contribution in [0, 0.1) is 0 Å². The molecule has 126 valence electrons. The van der Waals surface area contributed by atoms with Crippen molar-refractivity contribution in [2.24, 2.45) is 5.73 Å². The lowest BCUT2D eigenvalue weighted by molar-refractivity contribution is -0.139. The molecular weight excluding hydrogens is 362 g/mol. The predicted octanol–water partition coefficient (Wildman–Crippen LogP) is -0.281. The van der Waals surface area contributed by atoms with Crippen LogP contribution in [0.3, 0.4) is 0 Å². The maximum Gasteiger partial charge on any atom is 0.408 e. The first-order valence-electron chi connectivity index (χ1n) is 6.34. The molecule has 0 aliphatic rings. The lowest BCUT2D eigenvalue weighted by Crippen LogP contribution is -2.50. The van der Waals surface area contributed by atoms with Gasteiger partial charge in [-0.05, 0) is 20.8 Å². The molecule has 0 heterocycles. The van der Waals surface area contributed by atoms with Crippen molar-refractivity contribution in [3.05, 3.63) is 0 Å². The quantitative estimate of drug-likeness (QED) is 0.445. The highest BCUT2D eigenvalue weighted by molar-refractivity contribution is 9.10. The molecule has 0 aromatic heterocycles. The van der Waals surface area contributed by atoms with Gasteiger partial charge in [-0.15, -0.1) is 0 Å². The van der Waals surface area contributed by atoms with Crippen molar-refractivity contribution in [3.63, 3.8) is 0 Å². The molecule has 0 saturated carbocycles. The molecule has 5 N–H and O–H groups in total. The molecule has 0 saturated heterocycles. The molecule has 9 nitrogen and oxygen atoms in total. The molecule has 0 aromatic rings. The van der Waals surface area contributed by atoms with Crippen LogP contribution in [-0.4, -0.2) is 52.0 Å². The second kappa shape index (κ2) is 8.57. The topological polar surface area (TPSA) is 148 Å². The number of hydrogen-bond donors (Lipinski definition) is 4. The normalized spacial score (nSPS) is 13.6. The molecule has 0 bridgehead atoms. The summed E-state index contributed by atoms with van der Waals surface area (Å²) in [5, 5.41) is 13.4. The lowest BCUT2D eigenvalue weighted by Gasteiger charge is -2.22. The number of alkyl carbamates (subject to hydrolysis) is 1. The maximum absolute atomic E-state index is 11.6. The zero-order valence-electron chi connectivity index (χ0n) is 12.5. The van der Waals surface area contributed by atoms with Gasteiger partial charge >= 0.3 is 12.1 Å². The van der Waals surface area contributed by atoms with Gasteiger partial charge in [0.25, 0.3) is 0 Å². The van der Waals surface area contributed by atoms with Gasteiger partial charge in [0.15, 0.2) is 0 Å². The standard InChI is InChI=1S/C12H20BrN3O6/c1-12(2,3)22-11(21)16-7(10(19)20)5-15-9(18)6(13)4-8(14)17/h6-7H,4-5H2,1-3H3,(H2,14,17)(H,15,18)(H,16,21)(H,19,20)/t6-,7-/m0/s1. The monoisotopic (exact) mass is 381 g/mol. The molecule has 0 aromatic carbocycles. The molecular formula is C12H20BrN3O6. The summed E-state index contributed by atoms with van der Waals surface area (Å²) in [6, 6.07) is -1.37. The van der Waals surface area contributed by atoms with E-state index < -0.39 is 40.3 Å². The van der Waals surface area contributed by atoms with Crippen molar-refractivity contribution in [1.29, 1.82) is 0 Å². The van der Waals surface area contributed by atoms with E-state index in [1.54, 1.807) is 20.8 Å². The van der Waals surface area contributed by atoms with Crippen LogP contribution in [0.1, 0.15) is 27.2 Å². The molecule has 0 aliphatic carbocycles. The van der Waals surface area contributed by atoms with E-state index in [0.717, 1.165) is 0 Å². The first-order chi connectivity index (χ1) is 9.92. The van der Waals surface area contributed by atoms with E-state index in [-0.39, 0.29) is 13.0 Å². The number of ether oxygens (including phenoxy) is 1. The van der Waals surface area contributed by atoms with E-state index in [1.807, 2.05) is 0 Å². The number of nitrogens with two attached hydrogens (primary N) is 1. The Kier molecular flexibility index (Phi) is 7.85. The Morgan fingerprint density at radius 2 is 1.82 bits per heavy atom. The summed E-state index contributed by atoms with van der Waals surface area (Å²) in [6.45, 7) is 4.52. The van der Waals surface area contributed by atoms with E-state index in [9.17, 15) is 19.2 Å². The molecule has 0 rings (SSSR count). The van der Waals surface area contributed by atoms with Crippen LogP contribution in [0.25, 0.3) is 0 Å². The van der Waals surface area contributed by atoms with Crippen LogP contribution in [0.15, 0.2) is 0 Å². The fourth-order valence-corrected chi connectivity index (χ4v) is 1.71. The second-order valence-corrected chi connectivity index (χ2v) is 6.53. The molecule has 2 atom stereocenters. The van der Waals surface area contributed by atoms with E-state index in [2.05, 4.69) is 26.6 Å². The van der Waals surface area contributed by atoms with Gasteiger partial charge in [-0.2, -0.15) is 0 Å². The minimum Gasteiger partial charge on any atom is -0.480 e. The zero-order valence-corrected chi connectivity index (χ0v) is 14.1. The average Bonchev–Trinajstić information content (AvgIpc) is 2.30. The van der Waals surface area contributed by atoms with Crippen LogP contribution < -0.4 is 16.4 Å². The number of carboxylic acid groups (broad SMARTS) is 1. The highest BCUT2D eigenvalue weighted by atomic mass is 79.9. The van der Waals surface area contributed by atoms with Gasteiger partial charge in [0, 0.05) is 13.0 Å². The van der Waals surface area contributed by atoms with Crippen LogP contribution >= 0.6 is 15.9 Å². The minimum atomic E-state index is -1.37. The van der Waals surface area contributed by atoms with Gasteiger partial charge in [0.05, 0.1) is 0 Å². The van der Waals surface area contributed by atoms with E-state index in [0.29, 0.717) is 0 Å². The van der Waals surface area contributed by atoms with Gasteiger partial charge in [-0.3, -0.25) is 9.59 Å². The summed E-state index contributed by atoms with van der Waals surface area (Å²) >= 11 is 2.95. The number of alkyl halides is 1. The number of primary amides is 1. The fourth-order valence-electron chi connectivity index (χ4n) is 1.23. The minimum absolute atomic E-state index is 0.233. The Bertz CT molecular complexity index is 449. The number of carbonyl (C=O) groups is 4. The van der Waals surface area contributed by atoms with Gasteiger partial charge in [-0.1, -0.05) is 15.9 Å². The molecule has 10 heteroatoms. The summed E-state index contributed by atoms with van der Waals surface area (Å²) in [7, 11) is 0. The average molecular weight is 382 g/mol. The number of carbonyl (C=O) groups excluding carboxylic acids is 3. The Morgan fingerprint density at radius 1 is 1.27 bits per heavy atom. The molecule has 0 fully saturated rings. The lowest BCUT2D eigenvalue weighted by atomic mass is 10.2. The van der Waals surface area contributed by atoms with Gasteiger partial charge in [0.1, 0.15) is 16.5 Å². The Labute approximate surface area is 136 Å². The number of amides is 3. The van der Waals surface area contributed by atoms with Gasteiger partial charge in [0.2, 0.25) is 11.8 Å². The predicted molar refractivity (Wildman–Crippen MR) is 80.3 cm³/mol. The molecule has 0 spiro atoms. The highest BCUT2D eigenvalue weighted by Crippen LogP contribution is 2.07. The highest BCUT2D eigenvalue weighted by Gasteiger charge is 2.25. The fraction of sp³-hybridized carbons (Fsp3) is 0.667. The van der Waals surface area contributed by atoms with Gasteiger partial charge < -0.3 is 26.2 Å². The Balaban J connectivity index is 4.48. The summed E-state index contributed by atoms with van der Waals surface area (Å²) in [5.74, 6) is -2.64. The molecule has 0 aliphatic heterocycles. The maximum atomic E-state index is 11.6. The van der Waals surface area contributed by atoms with Crippen LogP contribution in [0.4, 0.5) is 4.79 Å². The third-order valence-electron chi connectivity index (χ3n) is 2.13. The summed E-state index contributed by atoms with van der Waals surface area (Å²) in [6.07, 6.45) is -1.15. The van der Waals surface area contributed by atoms with Crippen LogP contribution in [0.5, 0.6) is 0 Å². The molecule has 0 radical (unpaired) electrons. The summed E-state index contributed by atoms with van der Waals surface area (Å²) in [5.41, 5.74) is 4.16. The second-order valence-electron chi connectivity index (χ2n) is 5.42. The summed E-state index contributed by atoms with van der Waals surface area (Å²) < 4.78 is 4.93. The largest absolute Gasteiger partial charge is 0.480 e. The van der Waals surface area contributed by atoms with E-state index in [1.165, 1.54) is 0 Å². The van der Waals surface area contributed by atoms with Crippen LogP contribution in [-0.2, 0) is 19.1 Å². The first-order valence-corrected chi connectivity index (χ1v) is 7.26. The van der Waals surface area contributed by atoms with Crippen molar-refractivity contribution in [1.82, 2.24) is 10.6 Å². The third kappa shape index (κ3) is 9.16. The van der Waals surface area contributed by atoms with E-state index in [4.69, 9.17) is 15.6 Å².